The van der Waals surface area contributed by atoms with Gasteiger partial charge in [0.05, 0.1) is 10.7 Å². The Kier molecular flexibility index (Phi) is 4.66. The van der Waals surface area contributed by atoms with Crippen molar-refractivity contribution in [3.05, 3.63) is 33.9 Å². The number of nitrogens with zero attached hydrogens (tertiary/aromatic N) is 1. The van der Waals surface area contributed by atoms with Crippen molar-refractivity contribution in [3.8, 4) is 0 Å². The minimum Gasteiger partial charge on any atom is -0.376 e. The lowest BCUT2D eigenvalue weighted by molar-refractivity contribution is -0.384. The molecule has 0 spiro atoms. The van der Waals surface area contributed by atoms with E-state index in [1.807, 2.05) is 0 Å². The predicted molar refractivity (Wildman–Crippen MR) is 74.4 cm³/mol. The molecule has 0 aromatic heterocycles. The molecule has 0 saturated heterocycles. The topological polar surface area (TPSA) is 132 Å². The number of hydrogen-bond acceptors (Lipinski definition) is 6. The lowest BCUT2D eigenvalue weighted by Gasteiger charge is -2.14. The molecule has 1 unspecified atom stereocenters. The van der Waals surface area contributed by atoms with Gasteiger partial charge in [-0.05, 0) is 19.1 Å². The van der Waals surface area contributed by atoms with E-state index in [4.69, 9.17) is 5.73 Å². The molecular formula is C11H15N3O5S. The number of benzene rings is 1. The van der Waals surface area contributed by atoms with Crippen molar-refractivity contribution in [2.75, 3.05) is 17.3 Å². The van der Waals surface area contributed by atoms with Gasteiger partial charge in [-0.15, -0.1) is 0 Å². The van der Waals surface area contributed by atoms with Gasteiger partial charge in [-0.3, -0.25) is 14.9 Å². The van der Waals surface area contributed by atoms with Gasteiger partial charge in [0.25, 0.3) is 5.69 Å². The minimum atomic E-state index is -3.23. The molecule has 0 bridgehead atoms. The van der Waals surface area contributed by atoms with Gasteiger partial charge in [-0.1, -0.05) is 0 Å². The average molecular weight is 301 g/mol. The van der Waals surface area contributed by atoms with Crippen LogP contribution in [0.5, 0.6) is 0 Å². The second-order valence-corrected chi connectivity index (χ2v) is 6.68. The minimum absolute atomic E-state index is 0.0578. The van der Waals surface area contributed by atoms with Crippen LogP contribution in [0.3, 0.4) is 0 Å². The number of nitro groups is 1. The van der Waals surface area contributed by atoms with Crippen LogP contribution in [0.2, 0.25) is 0 Å². The van der Waals surface area contributed by atoms with E-state index in [-0.39, 0.29) is 22.7 Å². The molecule has 0 aliphatic rings. The van der Waals surface area contributed by atoms with E-state index in [2.05, 4.69) is 5.32 Å². The molecule has 8 nitrogen and oxygen atoms in total. The van der Waals surface area contributed by atoms with Crippen LogP contribution in [0, 0.1) is 10.1 Å². The SMILES string of the molecule is CC(CS(C)(=O)=O)Nc1cc(C(N)=O)ccc1[N+](=O)[O-]. The fraction of sp³-hybridized carbons (Fsp3) is 0.364. The molecule has 0 fully saturated rings. The number of nitro benzene ring substituents is 1. The third-order valence-corrected chi connectivity index (χ3v) is 3.54. The first-order chi connectivity index (χ1) is 9.10. The first kappa shape index (κ1) is 15.9. The van der Waals surface area contributed by atoms with E-state index < -0.39 is 26.7 Å². The van der Waals surface area contributed by atoms with Crippen LogP contribution in [-0.2, 0) is 9.84 Å². The predicted octanol–water partition coefficient (Wildman–Crippen LogP) is 0.539. The number of rotatable bonds is 6. The molecule has 1 rings (SSSR count). The highest BCUT2D eigenvalue weighted by molar-refractivity contribution is 7.90. The number of carbonyl (C=O) groups excluding carboxylic acids is 1. The van der Waals surface area contributed by atoms with E-state index in [0.717, 1.165) is 12.3 Å². The smallest absolute Gasteiger partial charge is 0.292 e. The summed E-state index contributed by atoms with van der Waals surface area (Å²) in [6, 6.07) is 3.08. The highest BCUT2D eigenvalue weighted by Crippen LogP contribution is 2.26. The summed E-state index contributed by atoms with van der Waals surface area (Å²) in [7, 11) is -3.23. The van der Waals surface area contributed by atoms with Crippen molar-refractivity contribution in [1.29, 1.82) is 0 Å². The van der Waals surface area contributed by atoms with Crippen LogP contribution in [-0.4, -0.2) is 37.3 Å². The van der Waals surface area contributed by atoms with Crippen molar-refractivity contribution in [1.82, 2.24) is 0 Å². The van der Waals surface area contributed by atoms with E-state index in [1.165, 1.54) is 12.1 Å². The van der Waals surface area contributed by atoms with Crippen LogP contribution >= 0.6 is 0 Å². The number of anilines is 1. The summed E-state index contributed by atoms with van der Waals surface area (Å²) in [6.07, 6.45) is 1.07. The summed E-state index contributed by atoms with van der Waals surface area (Å²) in [4.78, 5) is 21.4. The van der Waals surface area contributed by atoms with Crippen molar-refractivity contribution in [3.63, 3.8) is 0 Å². The van der Waals surface area contributed by atoms with Gasteiger partial charge in [-0.25, -0.2) is 8.42 Å². The molecule has 1 atom stereocenters. The quantitative estimate of drug-likeness (QED) is 0.582. The second kappa shape index (κ2) is 5.87. The van der Waals surface area contributed by atoms with Crippen molar-refractivity contribution in [2.45, 2.75) is 13.0 Å². The average Bonchev–Trinajstić information content (AvgIpc) is 2.25. The highest BCUT2D eigenvalue weighted by Gasteiger charge is 2.19. The third kappa shape index (κ3) is 4.50. The lowest BCUT2D eigenvalue weighted by Crippen LogP contribution is -2.25. The molecule has 0 aliphatic carbocycles. The van der Waals surface area contributed by atoms with Gasteiger partial charge in [0, 0.05) is 23.9 Å². The van der Waals surface area contributed by atoms with Gasteiger partial charge in [0.15, 0.2) is 0 Å². The Morgan fingerprint density at radius 2 is 2.10 bits per heavy atom. The fourth-order valence-corrected chi connectivity index (χ4v) is 2.72. The summed E-state index contributed by atoms with van der Waals surface area (Å²) < 4.78 is 22.4. The van der Waals surface area contributed by atoms with E-state index >= 15 is 0 Å². The summed E-state index contributed by atoms with van der Waals surface area (Å²) in [5.74, 6) is -0.913. The molecule has 1 aromatic rings. The maximum Gasteiger partial charge on any atom is 0.292 e. The number of sulfone groups is 1. The maximum absolute atomic E-state index is 11.2. The number of carbonyl (C=O) groups is 1. The van der Waals surface area contributed by atoms with E-state index in [0.29, 0.717) is 0 Å². The molecule has 0 saturated carbocycles. The molecular weight excluding hydrogens is 286 g/mol. The molecule has 3 N–H and O–H groups in total. The zero-order valence-corrected chi connectivity index (χ0v) is 11.8. The molecule has 110 valence electrons. The Morgan fingerprint density at radius 3 is 2.55 bits per heavy atom. The largest absolute Gasteiger partial charge is 0.376 e. The summed E-state index contributed by atoms with van der Waals surface area (Å²) in [6.45, 7) is 1.57. The third-order valence-electron chi connectivity index (χ3n) is 2.43. The Morgan fingerprint density at radius 1 is 1.50 bits per heavy atom. The number of amides is 1. The van der Waals surface area contributed by atoms with Crippen LogP contribution in [0.15, 0.2) is 18.2 Å². The van der Waals surface area contributed by atoms with Gasteiger partial charge in [0.2, 0.25) is 5.91 Å². The number of hydrogen-bond donors (Lipinski definition) is 2. The van der Waals surface area contributed by atoms with Gasteiger partial charge < -0.3 is 11.1 Å². The number of nitrogens with one attached hydrogen (secondary N) is 1. The Labute approximate surface area is 116 Å². The molecule has 0 heterocycles. The van der Waals surface area contributed by atoms with Gasteiger partial charge >= 0.3 is 0 Å². The summed E-state index contributed by atoms with van der Waals surface area (Å²) in [5.41, 5.74) is 5.01. The van der Waals surface area contributed by atoms with E-state index in [9.17, 15) is 23.3 Å². The normalized spacial score (nSPS) is 12.7. The first-order valence-electron chi connectivity index (χ1n) is 5.62. The molecule has 1 amide bonds. The molecule has 1 aromatic carbocycles. The second-order valence-electron chi connectivity index (χ2n) is 4.49. The Hall–Kier alpha value is -2.16. The number of primary amides is 1. The van der Waals surface area contributed by atoms with E-state index in [1.54, 1.807) is 6.92 Å². The Bertz CT molecular complexity index is 641. The van der Waals surface area contributed by atoms with Crippen molar-refractivity contribution >= 4 is 27.1 Å². The summed E-state index contributed by atoms with van der Waals surface area (Å²) >= 11 is 0. The highest BCUT2D eigenvalue weighted by atomic mass is 32.2. The van der Waals surface area contributed by atoms with Crippen LogP contribution in [0.1, 0.15) is 17.3 Å². The zero-order valence-electron chi connectivity index (χ0n) is 11.0. The molecule has 9 heteroatoms. The Balaban J connectivity index is 3.10. The zero-order chi connectivity index (χ0) is 15.5. The maximum atomic E-state index is 11.2. The molecule has 0 aliphatic heterocycles. The van der Waals surface area contributed by atoms with Crippen LogP contribution < -0.4 is 11.1 Å². The van der Waals surface area contributed by atoms with Crippen LogP contribution in [0.25, 0.3) is 0 Å². The van der Waals surface area contributed by atoms with Gasteiger partial charge in [0.1, 0.15) is 15.5 Å². The summed E-state index contributed by atoms with van der Waals surface area (Å²) in [5, 5.41) is 13.6. The van der Waals surface area contributed by atoms with Crippen LogP contribution in [0.4, 0.5) is 11.4 Å². The van der Waals surface area contributed by atoms with Crippen molar-refractivity contribution in [2.24, 2.45) is 5.73 Å². The standard InChI is InChI=1S/C11H15N3O5S/c1-7(6-20(2,18)19)13-9-5-8(11(12)15)3-4-10(9)14(16)17/h3-5,7,13H,6H2,1-2H3,(H2,12,15). The monoisotopic (exact) mass is 301 g/mol. The fourth-order valence-electron chi connectivity index (χ4n) is 1.73. The van der Waals surface area contributed by atoms with Crippen molar-refractivity contribution < 1.29 is 18.1 Å². The first-order valence-corrected chi connectivity index (χ1v) is 7.68. The lowest BCUT2D eigenvalue weighted by atomic mass is 10.1. The molecule has 0 radical (unpaired) electrons. The molecule has 20 heavy (non-hydrogen) atoms. The number of nitrogens with two attached hydrogens (primary N) is 1. The van der Waals surface area contributed by atoms with Gasteiger partial charge in [-0.2, -0.15) is 0 Å².